The number of hydrogen-bond donors (Lipinski definition) is 2. The number of likely N-dealkylation sites (tertiary alicyclic amines) is 1. The molecule has 6 nitrogen and oxygen atoms in total. The Morgan fingerprint density at radius 3 is 2.76 bits per heavy atom. The first-order valence-electron chi connectivity index (χ1n) is 11.1. The van der Waals surface area contributed by atoms with Crippen molar-refractivity contribution in [2.24, 2.45) is 0 Å². The number of likely N-dealkylation sites (N-methyl/N-ethyl adjacent to an activating group) is 1. The molecule has 176 valence electrons. The largest absolute Gasteiger partial charge is 0.454 e. The number of anilines is 1. The van der Waals surface area contributed by atoms with Crippen LogP contribution in [-0.2, 0) is 11.6 Å². The van der Waals surface area contributed by atoms with Crippen LogP contribution in [0.1, 0.15) is 36.8 Å². The zero-order chi connectivity index (χ0) is 23.2. The first-order valence-corrected chi connectivity index (χ1v) is 11.1. The first kappa shape index (κ1) is 21.9. The Balaban J connectivity index is 1.27. The minimum atomic E-state index is -4.46. The second kappa shape index (κ2) is 8.13. The van der Waals surface area contributed by atoms with Gasteiger partial charge in [0.15, 0.2) is 11.5 Å². The summed E-state index contributed by atoms with van der Waals surface area (Å²) < 4.78 is 49.9. The van der Waals surface area contributed by atoms with E-state index in [1.165, 1.54) is 17.7 Å². The summed E-state index contributed by atoms with van der Waals surface area (Å²) in [5.74, 6) is 1.54. The minimum Gasteiger partial charge on any atom is -0.454 e. The number of hydrogen-bond acceptors (Lipinski definition) is 4. The van der Waals surface area contributed by atoms with Gasteiger partial charge in [-0.3, -0.25) is 0 Å². The highest BCUT2D eigenvalue weighted by Crippen LogP contribution is 2.50. The third kappa shape index (κ3) is 4.10. The fourth-order valence-corrected chi connectivity index (χ4v) is 5.58. The fourth-order valence-electron chi connectivity index (χ4n) is 5.58. The molecule has 9 heteroatoms. The summed E-state index contributed by atoms with van der Waals surface area (Å²) in [5.41, 5.74) is 0.531. The molecule has 0 bridgehead atoms. The molecule has 0 unspecified atom stereocenters. The Morgan fingerprint density at radius 2 is 1.94 bits per heavy atom. The summed E-state index contributed by atoms with van der Waals surface area (Å²) in [5, 5.41) is 5.51. The molecule has 1 saturated heterocycles. The number of carbonyl (C=O) groups excluding carboxylic acids is 1. The summed E-state index contributed by atoms with van der Waals surface area (Å²) in [6.07, 6.45) is -0.981. The Bertz CT molecular complexity index is 1060. The zero-order valence-electron chi connectivity index (χ0n) is 18.2. The molecule has 1 saturated carbocycles. The normalized spacial score (nSPS) is 26.7. The Morgan fingerprint density at radius 1 is 1.12 bits per heavy atom. The molecule has 1 aliphatic carbocycles. The Hall–Kier alpha value is -2.94. The summed E-state index contributed by atoms with van der Waals surface area (Å²) in [6, 6.07) is 10.5. The molecule has 2 aromatic rings. The first-order chi connectivity index (χ1) is 15.7. The topological polar surface area (TPSA) is 62.8 Å². The number of alkyl halides is 3. The second-order valence-corrected chi connectivity index (χ2v) is 9.12. The Labute approximate surface area is 190 Å². The number of halogens is 3. The van der Waals surface area contributed by atoms with Crippen LogP contribution in [0.2, 0.25) is 0 Å². The van der Waals surface area contributed by atoms with Crippen LogP contribution < -0.4 is 20.1 Å². The minimum absolute atomic E-state index is 0.0224. The van der Waals surface area contributed by atoms with Crippen molar-refractivity contribution in [3.8, 4) is 11.5 Å². The summed E-state index contributed by atoms with van der Waals surface area (Å²) in [7, 11) is 2.10. The van der Waals surface area contributed by atoms with Crippen LogP contribution in [0.5, 0.6) is 11.5 Å². The van der Waals surface area contributed by atoms with E-state index >= 15 is 0 Å². The highest BCUT2D eigenvalue weighted by Gasteiger charge is 2.50. The molecule has 5 rings (SSSR count). The molecule has 2 N–H and O–H groups in total. The standard InChI is InChI=1S/C24H26F3N3O3/c1-30-10-9-23(15-5-6-19-20(12-15)33-14-32-19)8-7-18(13-21(23)30)29-22(31)28-17-4-2-3-16(11-17)24(25,26)27/h2-6,11-12,18,21H,7-10,13-14H2,1H3,(H2,28,29,31)/t18-,21+,23+/m1/s1. The van der Waals surface area contributed by atoms with E-state index in [4.69, 9.17) is 9.47 Å². The smallest absolute Gasteiger partial charge is 0.416 e. The molecule has 2 aliphatic heterocycles. The monoisotopic (exact) mass is 461 g/mol. The molecule has 0 aromatic heterocycles. The molecular formula is C24H26F3N3O3. The van der Waals surface area contributed by atoms with Crippen LogP contribution in [0, 0.1) is 0 Å². The number of fused-ring (bicyclic) bond motifs is 2. The van der Waals surface area contributed by atoms with Gasteiger partial charge >= 0.3 is 12.2 Å². The van der Waals surface area contributed by atoms with Crippen LogP contribution in [0.3, 0.4) is 0 Å². The average molecular weight is 461 g/mol. The summed E-state index contributed by atoms with van der Waals surface area (Å²) >= 11 is 0. The van der Waals surface area contributed by atoms with Crippen molar-refractivity contribution >= 4 is 11.7 Å². The van der Waals surface area contributed by atoms with Crippen molar-refractivity contribution in [2.75, 3.05) is 25.7 Å². The van der Waals surface area contributed by atoms with E-state index in [0.717, 1.165) is 55.9 Å². The van der Waals surface area contributed by atoms with E-state index in [-0.39, 0.29) is 30.0 Å². The summed E-state index contributed by atoms with van der Waals surface area (Å²) in [6.45, 7) is 1.20. The van der Waals surface area contributed by atoms with Gasteiger partial charge in [-0.25, -0.2) is 4.79 Å². The van der Waals surface area contributed by atoms with Crippen LogP contribution in [-0.4, -0.2) is 43.4 Å². The van der Waals surface area contributed by atoms with Crippen molar-refractivity contribution in [3.05, 3.63) is 53.6 Å². The maximum Gasteiger partial charge on any atom is 0.416 e. The van der Waals surface area contributed by atoms with Crippen molar-refractivity contribution in [3.63, 3.8) is 0 Å². The number of ether oxygens (including phenoxy) is 2. The predicted molar refractivity (Wildman–Crippen MR) is 117 cm³/mol. The van der Waals surface area contributed by atoms with Gasteiger partial charge in [0, 0.05) is 23.2 Å². The number of carbonyl (C=O) groups is 1. The number of benzene rings is 2. The van der Waals surface area contributed by atoms with Gasteiger partial charge in [0.2, 0.25) is 6.79 Å². The molecule has 2 heterocycles. The Kier molecular flexibility index (Phi) is 5.39. The third-order valence-corrected chi connectivity index (χ3v) is 7.26. The highest BCUT2D eigenvalue weighted by molar-refractivity contribution is 5.89. The molecule has 2 aromatic carbocycles. The number of rotatable bonds is 3. The number of nitrogens with zero attached hydrogens (tertiary/aromatic N) is 1. The molecule has 3 atom stereocenters. The second-order valence-electron chi connectivity index (χ2n) is 9.12. The lowest BCUT2D eigenvalue weighted by Gasteiger charge is -2.44. The van der Waals surface area contributed by atoms with E-state index in [2.05, 4.69) is 34.7 Å². The van der Waals surface area contributed by atoms with Crippen LogP contribution in [0.4, 0.5) is 23.7 Å². The maximum atomic E-state index is 12.9. The molecule has 2 amide bonds. The highest BCUT2D eigenvalue weighted by atomic mass is 19.4. The molecular weight excluding hydrogens is 435 g/mol. The quantitative estimate of drug-likeness (QED) is 0.693. The van der Waals surface area contributed by atoms with Gasteiger partial charge in [-0.15, -0.1) is 0 Å². The predicted octanol–water partition coefficient (Wildman–Crippen LogP) is 4.75. The lowest BCUT2D eigenvalue weighted by Crippen LogP contribution is -2.52. The average Bonchev–Trinajstić information content (AvgIpc) is 3.38. The van der Waals surface area contributed by atoms with Crippen molar-refractivity contribution in [1.29, 1.82) is 0 Å². The van der Waals surface area contributed by atoms with E-state index in [9.17, 15) is 18.0 Å². The van der Waals surface area contributed by atoms with E-state index in [0.29, 0.717) is 0 Å². The molecule has 0 radical (unpaired) electrons. The van der Waals surface area contributed by atoms with Crippen molar-refractivity contribution in [2.45, 2.75) is 49.4 Å². The van der Waals surface area contributed by atoms with Crippen molar-refractivity contribution < 1.29 is 27.4 Å². The molecule has 2 fully saturated rings. The van der Waals surface area contributed by atoms with E-state index in [1.54, 1.807) is 0 Å². The number of urea groups is 1. The van der Waals surface area contributed by atoms with Gasteiger partial charge in [-0.05, 0) is 75.2 Å². The van der Waals surface area contributed by atoms with E-state index in [1.807, 2.05) is 6.07 Å². The van der Waals surface area contributed by atoms with Gasteiger partial charge in [0.25, 0.3) is 0 Å². The third-order valence-electron chi connectivity index (χ3n) is 7.26. The van der Waals surface area contributed by atoms with Crippen molar-refractivity contribution in [1.82, 2.24) is 10.2 Å². The zero-order valence-corrected chi connectivity index (χ0v) is 18.2. The number of nitrogens with one attached hydrogen (secondary N) is 2. The SMILES string of the molecule is CN1CC[C@]2(c3ccc4c(c3)OCO4)CC[C@@H](NC(=O)Nc3cccc(C(F)(F)F)c3)C[C@H]12. The van der Waals surface area contributed by atoms with Gasteiger partial charge in [-0.1, -0.05) is 12.1 Å². The van der Waals surface area contributed by atoms with E-state index < -0.39 is 17.8 Å². The lowest BCUT2D eigenvalue weighted by atomic mass is 9.65. The van der Waals surface area contributed by atoms with Crippen LogP contribution in [0.25, 0.3) is 0 Å². The van der Waals surface area contributed by atoms with Gasteiger partial charge in [0.05, 0.1) is 5.56 Å². The molecule has 0 spiro atoms. The van der Waals surface area contributed by atoms with Crippen LogP contribution >= 0.6 is 0 Å². The van der Waals surface area contributed by atoms with Gasteiger partial charge < -0.3 is 25.0 Å². The molecule has 33 heavy (non-hydrogen) atoms. The summed E-state index contributed by atoms with van der Waals surface area (Å²) in [4.78, 5) is 14.9. The lowest BCUT2D eigenvalue weighted by molar-refractivity contribution is -0.137. The fraction of sp³-hybridized carbons (Fsp3) is 0.458. The van der Waals surface area contributed by atoms with Gasteiger partial charge in [-0.2, -0.15) is 13.2 Å². The maximum absolute atomic E-state index is 12.9. The molecule has 3 aliphatic rings. The van der Waals surface area contributed by atoms with Crippen LogP contribution in [0.15, 0.2) is 42.5 Å². The number of amides is 2. The van der Waals surface area contributed by atoms with Gasteiger partial charge in [0.1, 0.15) is 0 Å².